The lowest BCUT2D eigenvalue weighted by molar-refractivity contribution is -0.123. The van der Waals surface area contributed by atoms with Crippen LogP contribution in [0, 0.1) is 0 Å². The molecule has 1 atom stereocenters. The molecule has 6 nitrogen and oxygen atoms in total. The highest BCUT2D eigenvalue weighted by Gasteiger charge is 2.16. The minimum atomic E-state index is -0.320. The quantitative estimate of drug-likeness (QED) is 0.753. The zero-order valence-corrected chi connectivity index (χ0v) is 14.3. The van der Waals surface area contributed by atoms with E-state index >= 15 is 0 Å². The predicted molar refractivity (Wildman–Crippen MR) is 91.5 cm³/mol. The number of carbonyl (C=O) groups is 1. The lowest BCUT2D eigenvalue weighted by atomic mass is 10.3. The molecule has 3 rings (SSSR count). The number of rotatable bonds is 5. The van der Waals surface area contributed by atoms with Crippen molar-refractivity contribution in [3.05, 3.63) is 58.5 Å². The van der Waals surface area contributed by atoms with Crippen molar-refractivity contribution in [3.63, 3.8) is 0 Å². The summed E-state index contributed by atoms with van der Waals surface area (Å²) in [6, 6.07) is 10.1. The number of nitrogens with zero attached hydrogens (tertiary/aromatic N) is 3. The Bertz CT molecular complexity index is 881. The third kappa shape index (κ3) is 3.60. The maximum absolute atomic E-state index is 12.1. The molecule has 0 radical (unpaired) electrons. The van der Waals surface area contributed by atoms with Crippen LogP contribution in [0.3, 0.4) is 0 Å². The molecule has 0 saturated heterocycles. The highest BCUT2D eigenvalue weighted by molar-refractivity contribution is 6.35. The van der Waals surface area contributed by atoms with Gasteiger partial charge < -0.3 is 10.1 Å². The van der Waals surface area contributed by atoms with Gasteiger partial charge >= 0.3 is 0 Å². The van der Waals surface area contributed by atoms with Crippen LogP contribution in [0.25, 0.3) is 5.65 Å². The van der Waals surface area contributed by atoms with E-state index in [0.29, 0.717) is 21.6 Å². The molecule has 0 fully saturated rings. The molecule has 0 bridgehead atoms. The van der Waals surface area contributed by atoms with Gasteiger partial charge in [0.15, 0.2) is 18.1 Å². The van der Waals surface area contributed by atoms with Crippen molar-refractivity contribution >= 4 is 34.8 Å². The fourth-order valence-corrected chi connectivity index (χ4v) is 2.70. The first-order valence-corrected chi connectivity index (χ1v) is 7.97. The van der Waals surface area contributed by atoms with Gasteiger partial charge in [0, 0.05) is 11.2 Å². The van der Waals surface area contributed by atoms with Gasteiger partial charge in [0.2, 0.25) is 0 Å². The maximum Gasteiger partial charge on any atom is 0.258 e. The molecule has 0 aliphatic carbocycles. The highest BCUT2D eigenvalue weighted by atomic mass is 35.5. The summed E-state index contributed by atoms with van der Waals surface area (Å²) in [6.07, 6.45) is 1.84. The lowest BCUT2D eigenvalue weighted by Crippen LogP contribution is -2.32. The van der Waals surface area contributed by atoms with Gasteiger partial charge in [0.25, 0.3) is 5.91 Å². The minimum Gasteiger partial charge on any atom is -0.482 e. The zero-order valence-electron chi connectivity index (χ0n) is 12.7. The molecule has 0 aliphatic rings. The monoisotopic (exact) mass is 364 g/mol. The minimum absolute atomic E-state index is 0.164. The van der Waals surface area contributed by atoms with Gasteiger partial charge in [-0.2, -0.15) is 0 Å². The van der Waals surface area contributed by atoms with Gasteiger partial charge in [-0.25, -0.2) is 0 Å². The molecule has 8 heteroatoms. The van der Waals surface area contributed by atoms with Gasteiger partial charge in [-0.1, -0.05) is 29.3 Å². The molecule has 0 spiro atoms. The number of pyridine rings is 1. The molecular weight excluding hydrogens is 351 g/mol. The number of fused-ring (bicyclic) bond motifs is 1. The number of ether oxygens (including phenoxy) is 1. The van der Waals surface area contributed by atoms with Crippen molar-refractivity contribution in [2.24, 2.45) is 0 Å². The summed E-state index contributed by atoms with van der Waals surface area (Å²) < 4.78 is 7.24. The van der Waals surface area contributed by atoms with Gasteiger partial charge in [0.1, 0.15) is 5.75 Å². The summed E-state index contributed by atoms with van der Waals surface area (Å²) in [5.41, 5.74) is 0.720. The van der Waals surface area contributed by atoms with E-state index in [-0.39, 0.29) is 18.6 Å². The van der Waals surface area contributed by atoms with E-state index in [1.807, 2.05) is 35.7 Å². The molecule has 1 aromatic carbocycles. The van der Waals surface area contributed by atoms with Gasteiger partial charge in [-0.05, 0) is 37.3 Å². The standard InChI is InChI=1S/C16H14Cl2N4O2/c1-10(16-21-20-14-4-2-3-7-22(14)16)19-15(23)9-24-13-6-5-11(17)8-12(13)18/h2-8,10H,9H2,1H3,(H,19,23). The summed E-state index contributed by atoms with van der Waals surface area (Å²) in [5.74, 6) is 0.751. The van der Waals surface area contributed by atoms with Gasteiger partial charge in [-0.3, -0.25) is 9.20 Å². The fraction of sp³-hybridized carbons (Fsp3) is 0.188. The number of hydrogen-bond acceptors (Lipinski definition) is 4. The second kappa shape index (κ2) is 7.07. The molecule has 124 valence electrons. The van der Waals surface area contributed by atoms with E-state index in [0.717, 1.165) is 5.65 Å². The molecule has 2 aromatic heterocycles. The smallest absolute Gasteiger partial charge is 0.258 e. The number of halogens is 2. The Morgan fingerprint density at radius 3 is 2.92 bits per heavy atom. The second-order valence-electron chi connectivity index (χ2n) is 5.14. The molecule has 1 amide bonds. The van der Waals surface area contributed by atoms with Crippen LogP contribution in [0.2, 0.25) is 10.0 Å². The Labute approximate surface area is 148 Å². The van der Waals surface area contributed by atoms with Crippen LogP contribution in [-0.2, 0) is 4.79 Å². The van der Waals surface area contributed by atoms with Crippen molar-refractivity contribution in [1.29, 1.82) is 0 Å². The third-order valence-electron chi connectivity index (χ3n) is 3.36. The Morgan fingerprint density at radius 2 is 2.12 bits per heavy atom. The van der Waals surface area contributed by atoms with Crippen LogP contribution in [0.5, 0.6) is 5.75 Å². The van der Waals surface area contributed by atoms with E-state index in [1.54, 1.807) is 18.2 Å². The average Bonchev–Trinajstić information content (AvgIpc) is 2.98. The van der Waals surface area contributed by atoms with Crippen molar-refractivity contribution in [2.75, 3.05) is 6.61 Å². The lowest BCUT2D eigenvalue weighted by Gasteiger charge is -2.13. The van der Waals surface area contributed by atoms with Gasteiger partial charge in [0.05, 0.1) is 11.1 Å². The second-order valence-corrected chi connectivity index (χ2v) is 5.98. The summed E-state index contributed by atoms with van der Waals surface area (Å²) in [4.78, 5) is 12.1. The van der Waals surface area contributed by atoms with E-state index < -0.39 is 0 Å². The maximum atomic E-state index is 12.1. The number of benzene rings is 1. The van der Waals surface area contributed by atoms with E-state index in [9.17, 15) is 4.79 Å². The van der Waals surface area contributed by atoms with E-state index in [1.165, 1.54) is 0 Å². The molecule has 24 heavy (non-hydrogen) atoms. The topological polar surface area (TPSA) is 68.5 Å². The van der Waals surface area contributed by atoms with Crippen LogP contribution >= 0.6 is 23.2 Å². The first-order chi connectivity index (χ1) is 11.5. The summed E-state index contributed by atoms with van der Waals surface area (Å²) in [6.45, 7) is 1.67. The van der Waals surface area contributed by atoms with E-state index in [4.69, 9.17) is 27.9 Å². The molecule has 3 aromatic rings. The van der Waals surface area contributed by atoms with Crippen molar-refractivity contribution in [3.8, 4) is 5.75 Å². The molecule has 0 aliphatic heterocycles. The third-order valence-corrected chi connectivity index (χ3v) is 3.89. The summed E-state index contributed by atoms with van der Waals surface area (Å²) in [5, 5.41) is 11.8. The molecule has 1 unspecified atom stereocenters. The van der Waals surface area contributed by atoms with E-state index in [2.05, 4.69) is 15.5 Å². The fourth-order valence-electron chi connectivity index (χ4n) is 2.24. The van der Waals surface area contributed by atoms with Gasteiger partial charge in [-0.15, -0.1) is 10.2 Å². The molecule has 1 N–H and O–H groups in total. The average molecular weight is 365 g/mol. The summed E-state index contributed by atoms with van der Waals surface area (Å²) in [7, 11) is 0. The first kappa shape index (κ1) is 16.5. The van der Waals surface area contributed by atoms with Crippen LogP contribution in [-0.4, -0.2) is 27.1 Å². The van der Waals surface area contributed by atoms with Crippen LogP contribution in [0.4, 0.5) is 0 Å². The SMILES string of the molecule is CC(NC(=O)COc1ccc(Cl)cc1Cl)c1nnc2ccccn12. The largest absolute Gasteiger partial charge is 0.482 e. The predicted octanol–water partition coefficient (Wildman–Crippen LogP) is 3.29. The number of carbonyl (C=O) groups excluding carboxylic acids is 1. The Balaban J connectivity index is 1.62. The number of aromatic nitrogens is 3. The molecule has 0 saturated carbocycles. The van der Waals surface area contributed by atoms with Crippen LogP contribution in [0.15, 0.2) is 42.6 Å². The molecular formula is C16H14Cl2N4O2. The Morgan fingerprint density at radius 1 is 1.29 bits per heavy atom. The van der Waals surface area contributed by atoms with Crippen LogP contribution in [0.1, 0.15) is 18.8 Å². The number of nitrogens with one attached hydrogen (secondary N) is 1. The van der Waals surface area contributed by atoms with Crippen molar-refractivity contribution in [1.82, 2.24) is 19.9 Å². The highest BCUT2D eigenvalue weighted by Crippen LogP contribution is 2.27. The van der Waals surface area contributed by atoms with Crippen LogP contribution < -0.4 is 10.1 Å². The number of hydrogen-bond donors (Lipinski definition) is 1. The zero-order chi connectivity index (χ0) is 17.1. The Hall–Kier alpha value is -2.31. The van der Waals surface area contributed by atoms with Crippen molar-refractivity contribution in [2.45, 2.75) is 13.0 Å². The normalized spacial score (nSPS) is 12.1. The summed E-state index contributed by atoms with van der Waals surface area (Å²) >= 11 is 11.8. The number of amides is 1. The first-order valence-electron chi connectivity index (χ1n) is 7.21. The molecule has 2 heterocycles. The van der Waals surface area contributed by atoms with Crippen molar-refractivity contribution < 1.29 is 9.53 Å². The Kier molecular flexibility index (Phi) is 4.87.